The van der Waals surface area contributed by atoms with Gasteiger partial charge in [-0.3, -0.25) is 0 Å². The van der Waals surface area contributed by atoms with E-state index in [0.717, 1.165) is 0 Å². The van der Waals surface area contributed by atoms with E-state index in [1.165, 1.54) is 0 Å². The van der Waals surface area contributed by atoms with E-state index in [4.69, 9.17) is 0 Å². The van der Waals surface area contributed by atoms with E-state index in [9.17, 15) is 0 Å². The SMILES string of the molecule is CC1[NH][Ti]([N](C)C)([N](C)C)([N](C)C)[NH]C1(C)C. The van der Waals surface area contributed by atoms with Crippen molar-refractivity contribution in [3.8, 4) is 0 Å². The van der Waals surface area contributed by atoms with E-state index in [1.807, 2.05) is 0 Å². The number of hydrogen-bond donors (Lipinski definition) is 2. The van der Waals surface area contributed by atoms with Crippen LogP contribution in [0.5, 0.6) is 0 Å². The molecule has 1 heterocycles. The summed E-state index contributed by atoms with van der Waals surface area (Å²) in [6, 6.07) is 0.437. The second-order valence-corrected chi connectivity index (χ2v) is 14.9. The van der Waals surface area contributed by atoms with Crippen molar-refractivity contribution in [3.63, 3.8) is 0 Å². The summed E-state index contributed by atoms with van der Waals surface area (Å²) in [7, 11) is 13.0. The molecule has 0 aromatic carbocycles. The Morgan fingerprint density at radius 3 is 1.35 bits per heavy atom. The molecule has 1 saturated heterocycles. The molecule has 0 saturated carbocycles. The van der Waals surface area contributed by atoms with Crippen molar-refractivity contribution in [1.29, 1.82) is 0 Å². The molecular weight excluding hydrogens is 250 g/mol. The van der Waals surface area contributed by atoms with Crippen molar-refractivity contribution >= 4 is 0 Å². The van der Waals surface area contributed by atoms with E-state index in [1.54, 1.807) is 0 Å². The van der Waals surface area contributed by atoms with Gasteiger partial charge in [-0.2, -0.15) is 0 Å². The molecule has 0 aromatic rings. The Morgan fingerprint density at radius 1 is 0.882 bits per heavy atom. The molecule has 1 atom stereocenters. The van der Waals surface area contributed by atoms with Gasteiger partial charge < -0.3 is 0 Å². The van der Waals surface area contributed by atoms with E-state index in [2.05, 4.69) is 80.8 Å². The van der Waals surface area contributed by atoms with Gasteiger partial charge >= 0.3 is 109 Å². The topological polar surface area (TPSA) is 33.8 Å². The fraction of sp³-hybridized carbons (Fsp3) is 1.00. The van der Waals surface area contributed by atoms with Gasteiger partial charge in [-0.25, -0.2) is 0 Å². The van der Waals surface area contributed by atoms with Crippen molar-refractivity contribution in [2.24, 2.45) is 0 Å². The minimum atomic E-state index is -3.41. The van der Waals surface area contributed by atoms with Crippen LogP contribution in [0.15, 0.2) is 0 Å². The van der Waals surface area contributed by atoms with Gasteiger partial charge in [0.25, 0.3) is 0 Å². The Labute approximate surface area is 109 Å². The first-order chi connectivity index (χ1) is 7.50. The first-order valence-electron chi connectivity index (χ1n) is 6.26. The molecule has 2 N–H and O–H groups in total. The van der Waals surface area contributed by atoms with E-state index >= 15 is 0 Å². The van der Waals surface area contributed by atoms with Crippen LogP contribution in [0.2, 0.25) is 0 Å². The normalized spacial score (nSPS) is 32.9. The summed E-state index contributed by atoms with van der Waals surface area (Å²) in [6.07, 6.45) is 0. The molecule has 5 nitrogen and oxygen atoms in total. The van der Waals surface area contributed by atoms with Crippen LogP contribution in [0, 0.1) is 0 Å². The van der Waals surface area contributed by atoms with Crippen molar-refractivity contribution < 1.29 is 16.6 Å². The third kappa shape index (κ3) is 1.84. The zero-order valence-electron chi connectivity index (χ0n) is 12.9. The Morgan fingerprint density at radius 2 is 1.24 bits per heavy atom. The third-order valence-electron chi connectivity index (χ3n) is 4.66. The molecule has 0 spiro atoms. The fourth-order valence-electron chi connectivity index (χ4n) is 3.24. The van der Waals surface area contributed by atoms with Gasteiger partial charge in [-0.05, 0) is 0 Å². The Kier molecular flexibility index (Phi) is 3.91. The molecular formula is C11H30N5Ti. The van der Waals surface area contributed by atoms with Crippen LogP contribution in [-0.4, -0.2) is 64.0 Å². The summed E-state index contributed by atoms with van der Waals surface area (Å²) in [5.74, 6) is 0. The molecule has 1 aliphatic rings. The fourth-order valence-corrected chi connectivity index (χ4v) is 13.4. The zero-order valence-corrected chi connectivity index (χ0v) is 14.5. The number of rotatable bonds is 3. The van der Waals surface area contributed by atoms with Gasteiger partial charge in [0.15, 0.2) is 0 Å². The molecule has 0 radical (unpaired) electrons. The molecule has 1 aliphatic heterocycles. The van der Waals surface area contributed by atoms with Gasteiger partial charge in [0.2, 0.25) is 0 Å². The molecule has 0 amide bonds. The number of nitrogens with zero attached hydrogens (tertiary/aromatic N) is 3. The van der Waals surface area contributed by atoms with E-state index in [0.29, 0.717) is 6.04 Å². The second-order valence-electron chi connectivity index (χ2n) is 6.49. The van der Waals surface area contributed by atoms with Gasteiger partial charge in [-0.15, -0.1) is 0 Å². The van der Waals surface area contributed by atoms with Gasteiger partial charge in [0.1, 0.15) is 0 Å². The molecule has 103 valence electrons. The molecule has 0 aliphatic carbocycles. The predicted octanol–water partition coefficient (Wildman–Crippen LogP) is 0.296. The number of nitrogens with one attached hydrogen (secondary N) is 2. The third-order valence-corrected chi connectivity index (χ3v) is 15.8. The second kappa shape index (κ2) is 4.27. The molecule has 1 fully saturated rings. The average molecular weight is 280 g/mol. The summed E-state index contributed by atoms with van der Waals surface area (Å²) in [4.78, 5) is 0. The van der Waals surface area contributed by atoms with Gasteiger partial charge in [0.05, 0.1) is 0 Å². The summed E-state index contributed by atoms with van der Waals surface area (Å²) in [5.41, 5.74) is 0.0933. The minimum absolute atomic E-state index is 0.0933. The predicted molar refractivity (Wildman–Crippen MR) is 70.9 cm³/mol. The molecule has 17 heavy (non-hydrogen) atoms. The van der Waals surface area contributed by atoms with Crippen molar-refractivity contribution in [3.05, 3.63) is 0 Å². The number of hydrogen-bond acceptors (Lipinski definition) is 5. The van der Waals surface area contributed by atoms with Crippen LogP contribution in [0.4, 0.5) is 0 Å². The average Bonchev–Trinajstić information content (AvgIpc) is 2.36. The van der Waals surface area contributed by atoms with Crippen LogP contribution in [0.3, 0.4) is 0 Å². The maximum atomic E-state index is 3.96. The quantitative estimate of drug-likeness (QED) is 0.727. The van der Waals surface area contributed by atoms with Crippen LogP contribution < -0.4 is 7.60 Å². The molecule has 0 aromatic heterocycles. The summed E-state index contributed by atoms with van der Waals surface area (Å²) in [5, 5.41) is 0. The first kappa shape index (κ1) is 15.6. The van der Waals surface area contributed by atoms with Gasteiger partial charge in [-0.1, -0.05) is 0 Å². The first-order valence-corrected chi connectivity index (χ1v) is 9.92. The van der Waals surface area contributed by atoms with Crippen LogP contribution in [0.1, 0.15) is 20.8 Å². The van der Waals surface area contributed by atoms with Crippen LogP contribution >= 0.6 is 0 Å². The Balaban J connectivity index is 3.42. The molecule has 1 rings (SSSR count). The maximum absolute atomic E-state index is 3.96. The van der Waals surface area contributed by atoms with Crippen molar-refractivity contribution in [1.82, 2.24) is 17.7 Å². The molecule has 6 heteroatoms. The van der Waals surface area contributed by atoms with Gasteiger partial charge in [0, 0.05) is 0 Å². The monoisotopic (exact) mass is 280 g/mol. The molecule has 1 unspecified atom stereocenters. The van der Waals surface area contributed by atoms with Crippen molar-refractivity contribution in [2.45, 2.75) is 32.4 Å². The summed E-state index contributed by atoms with van der Waals surface area (Å²) >= 11 is -3.41. The standard InChI is InChI=1S/C5H12N2.3C2H6N.Ti/c1-4(6)5(2,3)7;3*1-3-2;/h4,6-7H,1-3H3;3*1-2H3;/q-2;3*-1;+5. The van der Waals surface area contributed by atoms with Crippen LogP contribution in [0.25, 0.3) is 0 Å². The van der Waals surface area contributed by atoms with Crippen molar-refractivity contribution in [2.75, 3.05) is 42.3 Å². The Bertz CT molecular complexity index is 276. The van der Waals surface area contributed by atoms with E-state index in [-0.39, 0.29) is 5.54 Å². The Hall–Kier alpha value is 0.514. The van der Waals surface area contributed by atoms with E-state index < -0.39 is 16.6 Å². The summed E-state index contributed by atoms with van der Waals surface area (Å²) in [6.45, 7) is 6.81. The van der Waals surface area contributed by atoms with Crippen LogP contribution in [-0.2, 0) is 16.6 Å². The molecule has 0 bridgehead atoms. The summed E-state index contributed by atoms with van der Waals surface area (Å²) < 4.78 is 15.0. The zero-order chi connectivity index (χ0) is 13.7.